The molecule has 0 bridgehead atoms. The number of nitrogens with one attached hydrogen (secondary N) is 1. The van der Waals surface area contributed by atoms with E-state index in [-0.39, 0.29) is 0 Å². The molecule has 1 atom stereocenters. The molecule has 0 aromatic heterocycles. The van der Waals surface area contributed by atoms with Gasteiger partial charge in [-0.15, -0.1) is 0 Å². The third-order valence-electron chi connectivity index (χ3n) is 4.19. The molecule has 3 heteroatoms. The van der Waals surface area contributed by atoms with Crippen LogP contribution in [-0.2, 0) is 13.0 Å². The van der Waals surface area contributed by atoms with Crippen LogP contribution in [0, 0.1) is 0 Å². The lowest BCUT2D eigenvalue weighted by molar-refractivity contribution is 0.263. The second-order valence-electron chi connectivity index (χ2n) is 5.86. The molecule has 19 heavy (non-hydrogen) atoms. The molecule has 2 aliphatic heterocycles. The van der Waals surface area contributed by atoms with Gasteiger partial charge in [-0.25, -0.2) is 0 Å². The summed E-state index contributed by atoms with van der Waals surface area (Å²) >= 11 is 2.08. The Morgan fingerprint density at radius 3 is 3.16 bits per heavy atom. The number of hydrogen-bond donors (Lipinski definition) is 1. The van der Waals surface area contributed by atoms with Crippen LogP contribution in [-0.4, -0.2) is 23.7 Å². The molecule has 2 nitrogen and oxygen atoms in total. The number of rotatable bonds is 3. The minimum absolute atomic E-state index is 0.309. The predicted octanol–water partition coefficient (Wildman–Crippen LogP) is 3.39. The lowest BCUT2D eigenvalue weighted by atomic mass is 10.00. The molecule has 1 aromatic carbocycles. The molecule has 104 valence electrons. The highest BCUT2D eigenvalue weighted by atomic mass is 32.2. The lowest BCUT2D eigenvalue weighted by Gasteiger charge is -2.33. The highest BCUT2D eigenvalue weighted by Crippen LogP contribution is 2.37. The van der Waals surface area contributed by atoms with E-state index in [1.165, 1.54) is 36.1 Å². The van der Waals surface area contributed by atoms with E-state index in [2.05, 4.69) is 42.2 Å². The molecule has 0 spiro atoms. The zero-order valence-electron chi connectivity index (χ0n) is 11.7. The van der Waals surface area contributed by atoms with E-state index in [9.17, 15) is 0 Å². The second-order valence-corrected chi connectivity index (χ2v) is 7.55. The molecule has 1 unspecified atom stereocenters. The molecule has 1 fully saturated rings. The van der Waals surface area contributed by atoms with Gasteiger partial charge in [-0.2, -0.15) is 11.8 Å². The lowest BCUT2D eigenvalue weighted by Crippen LogP contribution is -2.32. The SMILES string of the molecule is CC1(COc2cccc3c2CNCC3)CCCCS1. The summed E-state index contributed by atoms with van der Waals surface area (Å²) in [5.74, 6) is 2.38. The quantitative estimate of drug-likeness (QED) is 0.915. The van der Waals surface area contributed by atoms with E-state index in [1.807, 2.05) is 0 Å². The van der Waals surface area contributed by atoms with E-state index in [0.29, 0.717) is 4.75 Å². The Labute approximate surface area is 120 Å². The van der Waals surface area contributed by atoms with E-state index in [0.717, 1.165) is 31.9 Å². The van der Waals surface area contributed by atoms with Gasteiger partial charge in [0.2, 0.25) is 0 Å². The Morgan fingerprint density at radius 1 is 1.37 bits per heavy atom. The third kappa shape index (κ3) is 3.09. The van der Waals surface area contributed by atoms with Gasteiger partial charge >= 0.3 is 0 Å². The summed E-state index contributed by atoms with van der Waals surface area (Å²) in [5, 5.41) is 3.44. The molecule has 1 aromatic rings. The normalized spacial score (nSPS) is 26.8. The van der Waals surface area contributed by atoms with Crippen molar-refractivity contribution in [1.29, 1.82) is 0 Å². The summed E-state index contributed by atoms with van der Waals surface area (Å²) in [4.78, 5) is 0. The van der Waals surface area contributed by atoms with Crippen molar-refractivity contribution in [1.82, 2.24) is 5.32 Å². The van der Waals surface area contributed by atoms with Crippen molar-refractivity contribution in [3.05, 3.63) is 29.3 Å². The van der Waals surface area contributed by atoms with Crippen LogP contribution in [0.5, 0.6) is 5.75 Å². The molecule has 0 aliphatic carbocycles. The van der Waals surface area contributed by atoms with Crippen molar-refractivity contribution in [2.45, 2.75) is 43.9 Å². The molecular formula is C16H23NOS. The van der Waals surface area contributed by atoms with Crippen LogP contribution >= 0.6 is 11.8 Å². The van der Waals surface area contributed by atoms with E-state index in [4.69, 9.17) is 4.74 Å². The Balaban J connectivity index is 1.69. The van der Waals surface area contributed by atoms with Gasteiger partial charge in [0.25, 0.3) is 0 Å². The van der Waals surface area contributed by atoms with Crippen molar-refractivity contribution in [2.75, 3.05) is 18.9 Å². The number of ether oxygens (including phenoxy) is 1. The fourth-order valence-corrected chi connectivity index (χ4v) is 4.23. The first kappa shape index (κ1) is 13.3. The summed E-state index contributed by atoms with van der Waals surface area (Å²) in [6.07, 6.45) is 5.12. The highest BCUT2D eigenvalue weighted by Gasteiger charge is 2.28. The number of benzene rings is 1. The van der Waals surface area contributed by atoms with Crippen LogP contribution in [0.2, 0.25) is 0 Å². The Hall–Kier alpha value is -0.670. The molecule has 0 amide bonds. The smallest absolute Gasteiger partial charge is 0.124 e. The summed E-state index contributed by atoms with van der Waals surface area (Å²) in [6, 6.07) is 6.50. The summed E-state index contributed by atoms with van der Waals surface area (Å²) in [7, 11) is 0. The first-order valence-corrected chi connectivity index (χ1v) is 8.34. The van der Waals surface area contributed by atoms with Crippen LogP contribution in [0.25, 0.3) is 0 Å². The van der Waals surface area contributed by atoms with E-state index in [1.54, 1.807) is 0 Å². The topological polar surface area (TPSA) is 21.3 Å². The Bertz CT molecular complexity index is 440. The van der Waals surface area contributed by atoms with Gasteiger partial charge in [-0.3, -0.25) is 0 Å². The second kappa shape index (κ2) is 5.76. The van der Waals surface area contributed by atoms with Gasteiger partial charge in [0.05, 0.1) is 0 Å². The van der Waals surface area contributed by atoms with Crippen molar-refractivity contribution in [3.8, 4) is 5.75 Å². The van der Waals surface area contributed by atoms with Gasteiger partial charge in [-0.1, -0.05) is 18.6 Å². The van der Waals surface area contributed by atoms with Gasteiger partial charge in [0.15, 0.2) is 0 Å². The average Bonchev–Trinajstić information content (AvgIpc) is 2.46. The maximum Gasteiger partial charge on any atom is 0.124 e. The fourth-order valence-electron chi connectivity index (χ4n) is 2.95. The van der Waals surface area contributed by atoms with Crippen molar-refractivity contribution >= 4 is 11.8 Å². The highest BCUT2D eigenvalue weighted by molar-refractivity contribution is 8.00. The third-order valence-corrected chi connectivity index (χ3v) is 5.70. The van der Waals surface area contributed by atoms with Gasteiger partial charge in [-0.05, 0) is 50.1 Å². The monoisotopic (exact) mass is 277 g/mol. The van der Waals surface area contributed by atoms with Crippen LogP contribution in [0.15, 0.2) is 18.2 Å². The molecule has 1 saturated heterocycles. The van der Waals surface area contributed by atoms with Gasteiger partial charge in [0.1, 0.15) is 12.4 Å². The zero-order valence-corrected chi connectivity index (χ0v) is 12.5. The molecule has 2 heterocycles. The molecule has 2 aliphatic rings. The molecule has 0 saturated carbocycles. The number of fused-ring (bicyclic) bond motifs is 1. The summed E-state index contributed by atoms with van der Waals surface area (Å²) in [6.45, 7) is 5.23. The predicted molar refractivity (Wildman–Crippen MR) is 82.1 cm³/mol. The minimum Gasteiger partial charge on any atom is -0.492 e. The van der Waals surface area contributed by atoms with Gasteiger partial charge in [0, 0.05) is 16.9 Å². The van der Waals surface area contributed by atoms with Gasteiger partial charge < -0.3 is 10.1 Å². The number of hydrogen-bond acceptors (Lipinski definition) is 3. The molecule has 1 N–H and O–H groups in total. The standard InChI is InChI=1S/C16H23NOS/c1-16(8-2-3-10-19-16)12-18-15-6-4-5-13-7-9-17-11-14(13)15/h4-6,17H,2-3,7-12H2,1H3. The van der Waals surface area contributed by atoms with Crippen molar-refractivity contribution in [3.63, 3.8) is 0 Å². The summed E-state index contributed by atoms with van der Waals surface area (Å²) in [5.41, 5.74) is 2.83. The van der Waals surface area contributed by atoms with Crippen LogP contribution in [0.4, 0.5) is 0 Å². The maximum absolute atomic E-state index is 6.19. The largest absolute Gasteiger partial charge is 0.492 e. The molecule has 3 rings (SSSR count). The average molecular weight is 277 g/mol. The Morgan fingerprint density at radius 2 is 2.32 bits per heavy atom. The minimum atomic E-state index is 0.309. The van der Waals surface area contributed by atoms with Crippen LogP contribution < -0.4 is 10.1 Å². The first-order valence-electron chi connectivity index (χ1n) is 7.35. The first-order chi connectivity index (χ1) is 9.27. The summed E-state index contributed by atoms with van der Waals surface area (Å²) < 4.78 is 6.49. The zero-order chi connectivity index (χ0) is 13.1. The van der Waals surface area contributed by atoms with Crippen LogP contribution in [0.3, 0.4) is 0 Å². The number of thioether (sulfide) groups is 1. The van der Waals surface area contributed by atoms with E-state index < -0.39 is 0 Å². The fraction of sp³-hybridized carbons (Fsp3) is 0.625. The van der Waals surface area contributed by atoms with Crippen LogP contribution in [0.1, 0.15) is 37.3 Å². The maximum atomic E-state index is 6.19. The Kier molecular flexibility index (Phi) is 4.04. The van der Waals surface area contributed by atoms with E-state index >= 15 is 0 Å². The molecular weight excluding hydrogens is 254 g/mol. The van der Waals surface area contributed by atoms with Crippen molar-refractivity contribution < 1.29 is 4.74 Å². The molecule has 0 radical (unpaired) electrons. The van der Waals surface area contributed by atoms with Crippen molar-refractivity contribution in [2.24, 2.45) is 0 Å².